The summed E-state index contributed by atoms with van der Waals surface area (Å²) >= 11 is 0. The van der Waals surface area contributed by atoms with Crippen LogP contribution in [0.15, 0.2) is 53.8 Å². The number of nitrogens with zero attached hydrogens (tertiary/aromatic N) is 4. The number of hydrogen-bond acceptors (Lipinski definition) is 8. The van der Waals surface area contributed by atoms with E-state index in [1.165, 1.54) is 12.4 Å². The van der Waals surface area contributed by atoms with Crippen molar-refractivity contribution in [3.8, 4) is 0 Å². The van der Waals surface area contributed by atoms with Crippen molar-refractivity contribution in [1.29, 1.82) is 0 Å². The van der Waals surface area contributed by atoms with Crippen LogP contribution in [0.2, 0.25) is 0 Å². The first-order valence-electron chi connectivity index (χ1n) is 12.2. The number of aliphatic hydroxyl groups is 2. The number of nitrogens with one attached hydrogen (secondary N) is 2. The molecule has 0 saturated heterocycles. The lowest BCUT2D eigenvalue weighted by molar-refractivity contribution is -0.0435. The molecule has 4 heterocycles. The van der Waals surface area contributed by atoms with E-state index >= 15 is 4.39 Å². The van der Waals surface area contributed by atoms with Crippen LogP contribution in [-0.2, 0) is 6.54 Å². The third-order valence-electron chi connectivity index (χ3n) is 6.65. The number of nitrogens with two attached hydrogens (primary N) is 1. The van der Waals surface area contributed by atoms with Gasteiger partial charge in [0.15, 0.2) is 23.4 Å². The lowest BCUT2D eigenvalue weighted by Crippen LogP contribution is -2.19. The van der Waals surface area contributed by atoms with E-state index in [1.54, 1.807) is 67.3 Å². The fourth-order valence-corrected chi connectivity index (χ4v) is 4.75. The molecule has 0 unspecified atom stereocenters. The quantitative estimate of drug-likeness (QED) is 0.195. The molecule has 0 fully saturated rings. The molecule has 0 aliphatic rings. The van der Waals surface area contributed by atoms with Gasteiger partial charge in [0.1, 0.15) is 11.5 Å². The molecule has 0 amide bonds. The number of nitrogen functional groups attached to an aromatic ring is 1. The number of aromatic nitrogens is 4. The normalized spacial score (nSPS) is 12.1. The molecule has 0 saturated carbocycles. The van der Waals surface area contributed by atoms with Crippen LogP contribution in [0.1, 0.15) is 28.5 Å². The number of hydrogen-bond donors (Lipinski definition) is 5. The second-order valence-electron chi connectivity index (χ2n) is 9.47. The first-order valence-corrected chi connectivity index (χ1v) is 12.2. The Morgan fingerprint density at radius 3 is 2.62 bits per heavy atom. The molecule has 6 N–H and O–H groups in total. The van der Waals surface area contributed by atoms with E-state index < -0.39 is 23.4 Å². The Labute approximate surface area is 227 Å². The number of fused-ring (bicyclic) bond motifs is 2. The molecule has 0 spiro atoms. The largest absolute Gasteiger partial charge is 0.386 e. The van der Waals surface area contributed by atoms with E-state index in [2.05, 4.69) is 20.3 Å². The molecule has 0 aliphatic carbocycles. The highest BCUT2D eigenvalue weighted by atomic mass is 19.2. The van der Waals surface area contributed by atoms with Crippen LogP contribution in [0, 0.1) is 11.6 Å². The topological polar surface area (TPSA) is 145 Å². The van der Waals surface area contributed by atoms with Gasteiger partial charge in [-0.15, -0.1) is 0 Å². The summed E-state index contributed by atoms with van der Waals surface area (Å²) in [6.45, 7) is 0.300. The molecule has 4 aromatic heterocycles. The minimum absolute atomic E-state index is 0.0269. The van der Waals surface area contributed by atoms with Gasteiger partial charge in [-0.2, -0.15) is 0 Å². The minimum atomic E-state index is -2.00. The molecule has 5 aromatic rings. The number of pyridine rings is 3. The molecule has 206 valence electrons. The average molecular weight is 548 g/mol. The first-order chi connectivity index (χ1) is 19.1. The predicted molar refractivity (Wildman–Crippen MR) is 150 cm³/mol. The van der Waals surface area contributed by atoms with Crippen LogP contribution in [-0.4, -0.2) is 55.8 Å². The van der Waals surface area contributed by atoms with E-state index in [0.717, 1.165) is 11.6 Å². The van der Waals surface area contributed by atoms with Crippen LogP contribution >= 0.6 is 0 Å². The van der Waals surface area contributed by atoms with Gasteiger partial charge in [0.25, 0.3) is 0 Å². The van der Waals surface area contributed by atoms with Crippen molar-refractivity contribution < 1.29 is 19.0 Å². The zero-order chi connectivity index (χ0) is 28.7. The minimum Gasteiger partial charge on any atom is -0.386 e. The Morgan fingerprint density at radius 1 is 1.25 bits per heavy atom. The van der Waals surface area contributed by atoms with Crippen molar-refractivity contribution >= 4 is 45.2 Å². The van der Waals surface area contributed by atoms with Crippen molar-refractivity contribution in [2.24, 2.45) is 0 Å². The van der Waals surface area contributed by atoms with Gasteiger partial charge in [0, 0.05) is 64.2 Å². The summed E-state index contributed by atoms with van der Waals surface area (Å²) in [4.78, 5) is 26.4. The van der Waals surface area contributed by atoms with E-state index in [0.29, 0.717) is 34.7 Å². The van der Waals surface area contributed by atoms with Crippen molar-refractivity contribution in [3.05, 3.63) is 93.2 Å². The van der Waals surface area contributed by atoms with Crippen LogP contribution < -0.4 is 16.5 Å². The molecule has 1 aromatic carbocycles. The highest BCUT2D eigenvalue weighted by molar-refractivity contribution is 6.05. The number of halogens is 2. The zero-order valence-electron chi connectivity index (χ0n) is 21.9. The van der Waals surface area contributed by atoms with Crippen molar-refractivity contribution in [2.75, 3.05) is 32.2 Å². The second kappa shape index (κ2) is 10.4. The van der Waals surface area contributed by atoms with Crippen molar-refractivity contribution in [1.82, 2.24) is 24.4 Å². The number of benzene rings is 1. The maximum absolute atomic E-state index is 15.1. The monoisotopic (exact) mass is 547 g/mol. The van der Waals surface area contributed by atoms with E-state index in [9.17, 15) is 19.4 Å². The predicted octanol–water partition coefficient (Wildman–Crippen LogP) is 3.27. The van der Waals surface area contributed by atoms with Crippen LogP contribution in [0.5, 0.6) is 0 Å². The Bertz CT molecular complexity index is 1830. The third kappa shape index (κ3) is 4.63. The summed E-state index contributed by atoms with van der Waals surface area (Å²) in [7, 11) is 5.03. The van der Waals surface area contributed by atoms with Crippen LogP contribution in [0.3, 0.4) is 0 Å². The SMILES string of the molecule is CNc1cc(F)c(F)c2c(/C(=C/c3cnc4c(c3)c(=O)c(C(O)O)cn4Cc3ccncc3)N(C)C)c(N)[nH]c12. The number of rotatable bonds is 7. The molecule has 0 aliphatic heterocycles. The van der Waals surface area contributed by atoms with Crippen LogP contribution in [0.4, 0.5) is 20.3 Å². The Balaban J connectivity index is 1.72. The van der Waals surface area contributed by atoms with Gasteiger partial charge in [0.05, 0.1) is 33.1 Å². The van der Waals surface area contributed by atoms with Crippen molar-refractivity contribution in [3.63, 3.8) is 0 Å². The fraction of sp³-hybridized carbons (Fsp3) is 0.179. The molecule has 0 radical (unpaired) electrons. The molecule has 0 atom stereocenters. The summed E-state index contributed by atoms with van der Waals surface area (Å²) < 4.78 is 31.3. The van der Waals surface area contributed by atoms with Crippen molar-refractivity contribution in [2.45, 2.75) is 12.8 Å². The number of aliphatic hydroxyl groups excluding tert-OH is 1. The highest BCUT2D eigenvalue weighted by Crippen LogP contribution is 2.38. The van der Waals surface area contributed by atoms with Gasteiger partial charge in [-0.1, -0.05) is 0 Å². The molecular formula is C28H27F2N7O3. The zero-order valence-corrected chi connectivity index (χ0v) is 21.9. The molecule has 10 nitrogen and oxygen atoms in total. The van der Waals surface area contributed by atoms with E-state index in [1.807, 2.05) is 0 Å². The summed E-state index contributed by atoms with van der Waals surface area (Å²) in [6.07, 6.45) is 5.81. The summed E-state index contributed by atoms with van der Waals surface area (Å²) in [5.74, 6) is -1.97. The van der Waals surface area contributed by atoms with Gasteiger partial charge in [-0.25, -0.2) is 13.8 Å². The second-order valence-corrected chi connectivity index (χ2v) is 9.47. The van der Waals surface area contributed by atoms with E-state index in [4.69, 9.17) is 5.73 Å². The van der Waals surface area contributed by atoms with Crippen LogP contribution in [0.25, 0.3) is 33.7 Å². The maximum atomic E-state index is 15.1. The summed E-state index contributed by atoms with van der Waals surface area (Å²) in [5.41, 5.74) is 8.42. The lowest BCUT2D eigenvalue weighted by atomic mass is 10.0. The molecule has 40 heavy (non-hydrogen) atoms. The highest BCUT2D eigenvalue weighted by Gasteiger charge is 2.23. The van der Waals surface area contributed by atoms with Gasteiger partial charge >= 0.3 is 0 Å². The fourth-order valence-electron chi connectivity index (χ4n) is 4.75. The number of H-pyrrole nitrogens is 1. The molecule has 0 bridgehead atoms. The average Bonchev–Trinajstić information content (AvgIpc) is 3.27. The Hall–Kier alpha value is -4.81. The molecule has 5 rings (SSSR count). The van der Waals surface area contributed by atoms with E-state index in [-0.39, 0.29) is 27.7 Å². The molecular weight excluding hydrogens is 520 g/mol. The smallest absolute Gasteiger partial charge is 0.199 e. The molecule has 12 heteroatoms. The van der Waals surface area contributed by atoms with Gasteiger partial charge in [-0.05, 0) is 35.4 Å². The lowest BCUT2D eigenvalue weighted by Gasteiger charge is -2.19. The van der Waals surface area contributed by atoms with Gasteiger partial charge < -0.3 is 35.7 Å². The first kappa shape index (κ1) is 26.8. The third-order valence-corrected chi connectivity index (χ3v) is 6.65. The Morgan fingerprint density at radius 2 is 1.98 bits per heavy atom. The maximum Gasteiger partial charge on any atom is 0.199 e. The number of aromatic amines is 1. The number of anilines is 2. The van der Waals surface area contributed by atoms with Gasteiger partial charge in [-0.3, -0.25) is 9.78 Å². The standard InChI is InChI=1S/C28H27F2N7O3/c1-32-19-10-18(29)23(30)22-21(26(31)35-24(19)22)20(36(2)3)9-15-8-16-25(38)17(28(39)40)13-37(27(16)34-11-15)12-14-4-6-33-7-5-14/h4-11,13,28,32,35,39-40H,12,31H2,1-3H3/b20-9-. The van der Waals surface area contributed by atoms with Gasteiger partial charge in [0.2, 0.25) is 0 Å². The summed E-state index contributed by atoms with van der Waals surface area (Å²) in [6, 6.07) is 6.21. The summed E-state index contributed by atoms with van der Waals surface area (Å²) in [5, 5.41) is 22.7. The Kier molecular flexibility index (Phi) is 6.96.